The van der Waals surface area contributed by atoms with Crippen LogP contribution in [0.4, 0.5) is 0 Å². The molecule has 2 fully saturated rings. The lowest BCUT2D eigenvalue weighted by Gasteiger charge is -2.40. The van der Waals surface area contributed by atoms with E-state index in [-0.39, 0.29) is 0 Å². The first-order chi connectivity index (χ1) is 6.07. The minimum absolute atomic E-state index is 0.437. The molecule has 2 aliphatic rings. The van der Waals surface area contributed by atoms with Gasteiger partial charge in [-0.25, -0.2) is 0 Å². The Morgan fingerprint density at radius 3 is 2.38 bits per heavy atom. The molecular weight excluding hydrogens is 154 g/mol. The monoisotopic (exact) mass is 172 g/mol. The Bertz CT molecular complexity index is 183. The van der Waals surface area contributed by atoms with Gasteiger partial charge in [0.25, 0.3) is 0 Å². The van der Waals surface area contributed by atoms with Crippen LogP contribution in [0.15, 0.2) is 0 Å². The van der Waals surface area contributed by atoms with Gasteiger partial charge in [-0.1, -0.05) is 43.7 Å². The number of hydrogen-bond donors (Lipinski definition) is 0. The molecule has 13 heavy (non-hydrogen) atoms. The van der Waals surface area contributed by atoms with Crippen LogP contribution in [0.5, 0.6) is 0 Å². The summed E-state index contributed by atoms with van der Waals surface area (Å²) in [7, 11) is 11.9. The van der Waals surface area contributed by atoms with E-state index in [2.05, 4.69) is 0 Å². The van der Waals surface area contributed by atoms with E-state index >= 15 is 0 Å². The van der Waals surface area contributed by atoms with Crippen molar-refractivity contribution in [3.63, 3.8) is 0 Å². The van der Waals surface area contributed by atoms with Crippen molar-refractivity contribution in [1.82, 2.24) is 0 Å². The first-order valence-corrected chi connectivity index (χ1v) is 5.65. The Hall–Kier alpha value is 0.130. The van der Waals surface area contributed by atoms with Crippen molar-refractivity contribution in [3.05, 3.63) is 0 Å². The predicted molar refractivity (Wildman–Crippen MR) is 58.0 cm³/mol. The smallest absolute Gasteiger partial charge is 0.0620 e. The van der Waals surface area contributed by atoms with Gasteiger partial charge in [0.05, 0.1) is 15.7 Å². The summed E-state index contributed by atoms with van der Waals surface area (Å²) in [5.74, 6) is 2.52. The van der Waals surface area contributed by atoms with Crippen molar-refractivity contribution in [2.45, 2.75) is 50.7 Å². The zero-order valence-electron chi connectivity index (χ0n) is 8.63. The fourth-order valence-corrected chi connectivity index (χ4v) is 3.27. The van der Waals surface area contributed by atoms with Crippen molar-refractivity contribution in [2.24, 2.45) is 17.8 Å². The second kappa shape index (κ2) is 3.37. The summed E-state index contributed by atoms with van der Waals surface area (Å²) < 4.78 is 0. The summed E-state index contributed by atoms with van der Waals surface area (Å²) in [5.41, 5.74) is 0. The maximum absolute atomic E-state index is 5.97. The van der Waals surface area contributed by atoms with E-state index in [4.69, 9.17) is 15.7 Å². The molecule has 0 nitrogen and oxygen atoms in total. The van der Waals surface area contributed by atoms with Crippen LogP contribution in [0.2, 0.25) is 5.21 Å². The van der Waals surface area contributed by atoms with Crippen LogP contribution in [0.3, 0.4) is 0 Å². The number of fused-ring (bicyclic) bond motifs is 1. The average molecular weight is 172 g/mol. The molecule has 0 amide bonds. The molecule has 2 aliphatic carbocycles. The Balaban J connectivity index is 1.97. The van der Waals surface area contributed by atoms with Gasteiger partial charge in [0, 0.05) is 0 Å². The molecule has 3 unspecified atom stereocenters. The molecule has 0 heterocycles. The summed E-state index contributed by atoms with van der Waals surface area (Å²) >= 11 is 0. The molecule has 0 aromatic carbocycles. The van der Waals surface area contributed by atoms with Gasteiger partial charge in [-0.2, -0.15) is 0 Å². The summed E-state index contributed by atoms with van der Waals surface area (Å²) in [6, 6.07) is 0. The molecule has 0 aliphatic heterocycles. The van der Waals surface area contributed by atoms with Gasteiger partial charge in [-0.3, -0.25) is 0 Å². The molecule has 2 heteroatoms. The SMILES string of the molecule is [B]C([B])(C)C1CCC2CCCC2C1. The van der Waals surface area contributed by atoms with Crippen LogP contribution in [0.1, 0.15) is 45.4 Å². The molecule has 68 valence electrons. The minimum Gasteiger partial charge on any atom is -0.0990 e. The fourth-order valence-electron chi connectivity index (χ4n) is 3.27. The largest absolute Gasteiger partial charge is 0.0990 e. The van der Waals surface area contributed by atoms with E-state index in [1.807, 2.05) is 6.92 Å². The highest BCUT2D eigenvalue weighted by molar-refractivity contribution is 6.39. The molecule has 0 aromatic rings. The number of rotatable bonds is 1. The highest BCUT2D eigenvalue weighted by Gasteiger charge is 2.37. The van der Waals surface area contributed by atoms with E-state index in [9.17, 15) is 0 Å². The highest BCUT2D eigenvalue weighted by atomic mass is 14.4. The van der Waals surface area contributed by atoms with Gasteiger partial charge in [-0.05, 0) is 24.7 Å². The second-order valence-electron chi connectivity index (χ2n) is 5.33. The van der Waals surface area contributed by atoms with Gasteiger partial charge in [0.2, 0.25) is 0 Å². The lowest BCUT2D eigenvalue weighted by molar-refractivity contribution is 0.196. The summed E-state index contributed by atoms with van der Waals surface area (Å²) in [4.78, 5) is 0. The third kappa shape index (κ3) is 1.97. The molecule has 2 saturated carbocycles. The molecule has 0 aromatic heterocycles. The maximum Gasteiger partial charge on any atom is 0.0620 e. The molecule has 3 atom stereocenters. The third-order valence-electron chi connectivity index (χ3n) is 4.17. The van der Waals surface area contributed by atoms with Gasteiger partial charge < -0.3 is 0 Å². The van der Waals surface area contributed by atoms with Crippen molar-refractivity contribution in [2.75, 3.05) is 0 Å². The maximum atomic E-state index is 5.97. The first-order valence-electron chi connectivity index (χ1n) is 5.65. The van der Waals surface area contributed by atoms with Gasteiger partial charge in [0.15, 0.2) is 0 Å². The van der Waals surface area contributed by atoms with Crippen molar-refractivity contribution in [3.8, 4) is 0 Å². The molecule has 4 radical (unpaired) electrons. The molecule has 0 saturated heterocycles. The third-order valence-corrected chi connectivity index (χ3v) is 4.17. The predicted octanol–water partition coefficient (Wildman–Crippen LogP) is 2.68. The Kier molecular flexibility index (Phi) is 2.50. The zero-order chi connectivity index (χ0) is 9.47. The van der Waals surface area contributed by atoms with Crippen molar-refractivity contribution >= 4 is 15.7 Å². The second-order valence-corrected chi connectivity index (χ2v) is 5.33. The van der Waals surface area contributed by atoms with Crippen molar-refractivity contribution < 1.29 is 0 Å². The Morgan fingerprint density at radius 1 is 1.00 bits per heavy atom. The molecule has 0 spiro atoms. The summed E-state index contributed by atoms with van der Waals surface area (Å²) in [5, 5.41) is -0.437. The lowest BCUT2D eigenvalue weighted by atomic mass is 9.46. The normalized spacial score (nSPS) is 40.2. The van der Waals surface area contributed by atoms with E-state index in [1.165, 1.54) is 38.5 Å². The fraction of sp³-hybridized carbons (Fsp3) is 1.00. The summed E-state index contributed by atoms with van der Waals surface area (Å²) in [6.07, 6.45) is 8.24. The lowest BCUT2D eigenvalue weighted by Crippen LogP contribution is -2.29. The molecule has 0 bridgehead atoms. The van der Waals surface area contributed by atoms with Crippen LogP contribution < -0.4 is 0 Å². The molecule has 0 N–H and O–H groups in total. The quantitative estimate of drug-likeness (QED) is 0.533. The van der Waals surface area contributed by atoms with Crippen LogP contribution in [0, 0.1) is 17.8 Å². The Labute approximate surface area is 84.7 Å². The van der Waals surface area contributed by atoms with E-state index < -0.39 is 5.21 Å². The van der Waals surface area contributed by atoms with Gasteiger partial charge in [-0.15, -0.1) is 0 Å². The molecule has 2 rings (SSSR count). The standard InChI is InChI=1S/C11H18B2/c1-11(12,13)10-6-5-8-3-2-4-9(8)7-10/h8-10H,2-7H2,1H3. The topological polar surface area (TPSA) is 0 Å². The average Bonchev–Trinajstić information content (AvgIpc) is 2.47. The highest BCUT2D eigenvalue weighted by Crippen LogP contribution is 2.49. The van der Waals surface area contributed by atoms with Crippen LogP contribution >= 0.6 is 0 Å². The minimum atomic E-state index is -0.437. The summed E-state index contributed by atoms with van der Waals surface area (Å²) in [6.45, 7) is 1.98. The van der Waals surface area contributed by atoms with Crippen LogP contribution in [0.25, 0.3) is 0 Å². The Morgan fingerprint density at radius 2 is 1.69 bits per heavy atom. The van der Waals surface area contributed by atoms with E-state index in [1.54, 1.807) is 0 Å². The van der Waals surface area contributed by atoms with Gasteiger partial charge >= 0.3 is 0 Å². The van der Waals surface area contributed by atoms with E-state index in [0.29, 0.717) is 5.92 Å². The first kappa shape index (κ1) is 9.68. The van der Waals surface area contributed by atoms with E-state index in [0.717, 1.165) is 11.8 Å². The van der Waals surface area contributed by atoms with Gasteiger partial charge in [0.1, 0.15) is 0 Å². The number of hydrogen-bond acceptors (Lipinski definition) is 0. The molecular formula is C11H18B2. The van der Waals surface area contributed by atoms with Crippen LogP contribution in [-0.2, 0) is 0 Å². The van der Waals surface area contributed by atoms with Crippen molar-refractivity contribution in [1.29, 1.82) is 0 Å². The zero-order valence-corrected chi connectivity index (χ0v) is 8.63. The van der Waals surface area contributed by atoms with Crippen LogP contribution in [-0.4, -0.2) is 15.7 Å².